The van der Waals surface area contributed by atoms with Gasteiger partial charge in [0.1, 0.15) is 20.4 Å². The number of carbonyl (C=O) groups is 2. The van der Waals surface area contributed by atoms with E-state index < -0.39 is 18.1 Å². The third-order valence-electron chi connectivity index (χ3n) is 11.5. The van der Waals surface area contributed by atoms with Gasteiger partial charge in [0, 0.05) is 29.9 Å². The van der Waals surface area contributed by atoms with Crippen molar-refractivity contribution in [2.75, 3.05) is 11.4 Å². The molecule has 5 aromatic rings. The number of aromatic nitrogens is 1. The van der Waals surface area contributed by atoms with Gasteiger partial charge in [0.05, 0.1) is 4.53 Å². The van der Waals surface area contributed by atoms with Crippen LogP contribution in [0, 0.1) is 0 Å². The van der Waals surface area contributed by atoms with Crippen LogP contribution in [-0.4, -0.2) is 43.4 Å². The summed E-state index contributed by atoms with van der Waals surface area (Å²) in [6.07, 6.45) is 14.0. The van der Waals surface area contributed by atoms with E-state index >= 15 is 0 Å². The molecule has 2 aliphatic heterocycles. The molecule has 3 heterocycles. The molecule has 1 aromatic heterocycles. The van der Waals surface area contributed by atoms with Crippen LogP contribution in [-0.2, 0) is 16.1 Å². The number of nitrogens with zero attached hydrogens (tertiary/aromatic N) is 3. The van der Waals surface area contributed by atoms with Crippen molar-refractivity contribution in [1.29, 1.82) is 0 Å². The number of thiocarbonyl (C=S) groups is 1. The van der Waals surface area contributed by atoms with Crippen LogP contribution in [0.3, 0.4) is 0 Å². The maximum Gasteiger partial charge on any atom is 0.323 e. The van der Waals surface area contributed by atoms with E-state index in [2.05, 4.69) is 103 Å². The first kappa shape index (κ1) is 39.8. The van der Waals surface area contributed by atoms with E-state index in [1.807, 2.05) is 24.3 Å². The molecule has 1 saturated carbocycles. The quantitative estimate of drug-likeness (QED) is 0.0679. The fraction of sp³-hybridized carbons (Fsp3) is 0.292. The van der Waals surface area contributed by atoms with Crippen molar-refractivity contribution in [2.24, 2.45) is 0 Å². The lowest BCUT2D eigenvalue weighted by Crippen LogP contribution is -2.35. The Morgan fingerprint density at radius 2 is 1.52 bits per heavy atom. The summed E-state index contributed by atoms with van der Waals surface area (Å²) in [5.74, 6) is -1.02. The molecule has 4 aromatic carbocycles. The lowest BCUT2D eigenvalue weighted by molar-refractivity contribution is -0.137. The van der Waals surface area contributed by atoms with Crippen molar-refractivity contribution in [2.45, 2.75) is 83.2 Å². The minimum atomic E-state index is -1.14. The Bertz CT molecular complexity index is 2500. The molecule has 296 valence electrons. The molecule has 8 rings (SSSR count). The van der Waals surface area contributed by atoms with Crippen molar-refractivity contribution >= 4 is 85.5 Å². The van der Waals surface area contributed by atoms with Crippen molar-refractivity contribution in [1.82, 2.24) is 9.47 Å². The van der Waals surface area contributed by atoms with Gasteiger partial charge >= 0.3 is 5.97 Å². The first-order valence-electron chi connectivity index (χ1n) is 20.4. The monoisotopic (exact) mass is 825 g/mol. The van der Waals surface area contributed by atoms with Crippen LogP contribution in [0.4, 0.5) is 11.4 Å². The fourth-order valence-corrected chi connectivity index (χ4v) is 11.2. The summed E-state index contributed by atoms with van der Waals surface area (Å²) in [5, 5.41) is 9.78. The van der Waals surface area contributed by atoms with E-state index in [-0.39, 0.29) is 5.91 Å². The number of fused-ring (bicyclic) bond motifs is 3. The Morgan fingerprint density at radius 3 is 2.21 bits per heavy atom. The number of rotatable bonds is 14. The zero-order chi connectivity index (χ0) is 40.2. The summed E-state index contributed by atoms with van der Waals surface area (Å²) in [6.45, 7) is 2.18. The number of thioether (sulfide) groups is 1. The number of unbranched alkanes of at least 4 members (excludes halogenated alkanes) is 5. The Labute approximate surface area is 353 Å². The molecule has 2 fully saturated rings. The topological polar surface area (TPSA) is 82.9 Å². The molecule has 58 heavy (non-hydrogen) atoms. The number of thiazole rings is 1. The van der Waals surface area contributed by atoms with Gasteiger partial charge < -0.3 is 10.0 Å². The van der Waals surface area contributed by atoms with Gasteiger partial charge in [0.2, 0.25) is 0 Å². The van der Waals surface area contributed by atoms with Gasteiger partial charge in [-0.15, -0.1) is 11.3 Å². The van der Waals surface area contributed by atoms with E-state index in [1.54, 1.807) is 4.90 Å². The number of carboxylic acids is 1. The van der Waals surface area contributed by atoms with E-state index in [9.17, 15) is 19.5 Å². The van der Waals surface area contributed by atoms with Crippen LogP contribution in [0.5, 0.6) is 0 Å². The molecule has 1 aliphatic carbocycles. The smallest absolute Gasteiger partial charge is 0.323 e. The van der Waals surface area contributed by atoms with Crippen molar-refractivity contribution in [3.63, 3.8) is 0 Å². The maximum absolute atomic E-state index is 13.8. The minimum absolute atomic E-state index is 0.253. The van der Waals surface area contributed by atoms with Crippen LogP contribution in [0.2, 0.25) is 0 Å². The van der Waals surface area contributed by atoms with Gasteiger partial charge in [0.15, 0.2) is 0 Å². The third-order valence-corrected chi connectivity index (χ3v) is 14.1. The van der Waals surface area contributed by atoms with Gasteiger partial charge in [-0.2, -0.15) is 0 Å². The van der Waals surface area contributed by atoms with E-state index in [0.29, 0.717) is 36.9 Å². The molecule has 0 spiro atoms. The molecule has 1 N–H and O–H groups in total. The normalized spacial score (nSPS) is 18.5. The van der Waals surface area contributed by atoms with E-state index in [0.717, 1.165) is 67.1 Å². The molecule has 1 amide bonds. The predicted octanol–water partition coefficient (Wildman–Crippen LogP) is 9.53. The standard InChI is InChI=1S/C48H47N3O4S3/c1-2-3-4-5-6-13-27-49-46(55)44(58-48(49)56)47-50(31-43(52)53)45(54)42(57-47)30-33-23-26-41-39(29-33)37-19-14-20-40(37)51(41)36-24-21-32(22-25-36)28-38(34-15-9-7-10-16-34)35-17-11-8-12-18-35/h7-12,15-18,21-26,28-30,37,40H,2-6,13-14,19-20,27,31H2,1H3,(H,52,53)/b42-30-,47-44+/t37-,40-/m0/s1. The summed E-state index contributed by atoms with van der Waals surface area (Å²) in [4.78, 5) is 43.9. The number of carboxylic acid groups (broad SMARTS) is 1. The predicted molar refractivity (Wildman–Crippen MR) is 243 cm³/mol. The highest BCUT2D eigenvalue weighted by atomic mass is 32.2. The molecular weight excluding hydrogens is 779 g/mol. The van der Waals surface area contributed by atoms with Crippen molar-refractivity contribution in [3.05, 3.63) is 150 Å². The summed E-state index contributed by atoms with van der Waals surface area (Å²) >= 11 is 7.94. The zero-order valence-corrected chi connectivity index (χ0v) is 35.1. The van der Waals surface area contributed by atoms with Crippen LogP contribution >= 0.6 is 35.3 Å². The van der Waals surface area contributed by atoms with Crippen molar-refractivity contribution < 1.29 is 14.7 Å². The maximum atomic E-state index is 13.8. The zero-order valence-electron chi connectivity index (χ0n) is 32.6. The molecule has 0 bridgehead atoms. The first-order valence-corrected chi connectivity index (χ1v) is 22.4. The molecule has 1 saturated heterocycles. The summed E-state index contributed by atoms with van der Waals surface area (Å²) in [6, 6.07) is 36.6. The first-order chi connectivity index (χ1) is 28.3. The summed E-state index contributed by atoms with van der Waals surface area (Å²) in [5.41, 5.74) is 8.72. The van der Waals surface area contributed by atoms with Gasteiger partial charge in [-0.3, -0.25) is 23.9 Å². The molecule has 0 unspecified atom stereocenters. The Kier molecular flexibility index (Phi) is 12.2. The van der Waals surface area contributed by atoms with Gasteiger partial charge in [0.25, 0.3) is 11.5 Å². The molecular formula is C48H47N3O4S3. The molecule has 0 radical (unpaired) electrons. The van der Waals surface area contributed by atoms with Crippen LogP contribution in [0.15, 0.2) is 108 Å². The second kappa shape index (κ2) is 17.9. The van der Waals surface area contributed by atoms with Gasteiger partial charge in [-0.25, -0.2) is 0 Å². The average Bonchev–Trinajstić information content (AvgIpc) is 3.98. The highest BCUT2D eigenvalue weighted by Gasteiger charge is 2.42. The lowest BCUT2D eigenvalue weighted by atomic mass is 9.95. The SMILES string of the molecule is CCCCCCCCN1C(=O)/C(=c2\s/c(=C\c3ccc4c(c3)[C@@H]3CCC[C@@H]3N4c3ccc(C=C(c4ccccc4)c4ccccc4)cc3)c(=O)n2CC(=O)O)SC1=S. The van der Waals surface area contributed by atoms with E-state index in [1.165, 1.54) is 63.1 Å². The Morgan fingerprint density at radius 1 is 0.845 bits per heavy atom. The van der Waals surface area contributed by atoms with Gasteiger partial charge in [-0.05, 0) is 89.1 Å². The van der Waals surface area contributed by atoms with Gasteiger partial charge in [-0.1, -0.05) is 148 Å². The van der Waals surface area contributed by atoms with Crippen LogP contribution in [0.25, 0.3) is 22.6 Å². The van der Waals surface area contributed by atoms with E-state index in [4.69, 9.17) is 12.2 Å². The van der Waals surface area contributed by atoms with Crippen LogP contribution < -0.4 is 19.7 Å². The molecule has 2 atom stereocenters. The average molecular weight is 826 g/mol. The second-order valence-electron chi connectivity index (χ2n) is 15.3. The molecule has 7 nitrogen and oxygen atoms in total. The highest BCUT2D eigenvalue weighted by molar-refractivity contribution is 8.30. The molecule has 10 heteroatoms. The molecule has 3 aliphatic rings. The number of carbonyl (C=O) groups excluding carboxylic acids is 1. The second-order valence-corrected chi connectivity index (χ2v) is 18.0. The Hall–Kier alpha value is -5.03. The Balaban J connectivity index is 1.09. The third kappa shape index (κ3) is 8.28. The summed E-state index contributed by atoms with van der Waals surface area (Å²) < 4.78 is 2.41. The number of benzene rings is 4. The minimum Gasteiger partial charge on any atom is -0.480 e. The fourth-order valence-electron chi connectivity index (χ4n) is 8.66. The summed E-state index contributed by atoms with van der Waals surface area (Å²) in [7, 11) is 0. The number of amides is 1. The number of hydrogen-bond acceptors (Lipinski definition) is 7. The lowest BCUT2D eigenvalue weighted by Gasteiger charge is -2.27. The number of aliphatic carboxylic acids is 1. The largest absolute Gasteiger partial charge is 0.480 e. The van der Waals surface area contributed by atoms with Crippen molar-refractivity contribution in [3.8, 4) is 0 Å². The van der Waals surface area contributed by atoms with Crippen LogP contribution in [0.1, 0.15) is 98.4 Å². The highest BCUT2D eigenvalue weighted by Crippen LogP contribution is 2.52. The number of hydrogen-bond donors (Lipinski definition) is 1. The number of anilines is 2.